The van der Waals surface area contributed by atoms with Crippen LogP contribution in [0.5, 0.6) is 0 Å². The van der Waals surface area contributed by atoms with Crippen LogP contribution in [-0.4, -0.2) is 64.6 Å². The summed E-state index contributed by atoms with van der Waals surface area (Å²) in [5.41, 5.74) is 0. The van der Waals surface area contributed by atoms with Crippen molar-refractivity contribution in [3.8, 4) is 0 Å². The fourth-order valence-corrected chi connectivity index (χ4v) is 6.14. The molecule has 0 spiro atoms. The van der Waals surface area contributed by atoms with Crippen molar-refractivity contribution in [2.24, 2.45) is 17.8 Å². The molecule has 0 saturated heterocycles. The van der Waals surface area contributed by atoms with Crippen LogP contribution >= 0.6 is 0 Å². The van der Waals surface area contributed by atoms with Gasteiger partial charge >= 0.3 is 11.9 Å². The molecule has 0 bridgehead atoms. The predicted octanol–water partition coefficient (Wildman–Crippen LogP) is 7.78. The van der Waals surface area contributed by atoms with Crippen LogP contribution in [0.1, 0.15) is 162 Å². The lowest BCUT2D eigenvalue weighted by Gasteiger charge is -2.19. The van der Waals surface area contributed by atoms with Crippen LogP contribution in [0.2, 0.25) is 0 Å². The molecule has 1 aliphatic rings. The minimum Gasteiger partial charge on any atom is -0.463 e. The topological polar surface area (TPSA) is 130 Å². The fourth-order valence-electron chi connectivity index (χ4n) is 6.14. The smallest absolute Gasteiger partial charge is 0.305 e. The number of aliphatic hydroxyl groups excluding tert-OH is 3. The molecular weight excluding hydrogens is 584 g/mol. The second kappa shape index (κ2) is 27.2. The lowest BCUT2D eigenvalue weighted by atomic mass is 9.88. The van der Waals surface area contributed by atoms with E-state index >= 15 is 0 Å². The van der Waals surface area contributed by atoms with Crippen LogP contribution in [0.15, 0.2) is 12.2 Å². The number of hydrogen-bond acceptors (Lipinski definition) is 8. The SMILES string of the molecule is CCCCC[C@H](O)/C=C/[C@H]1C(=O)C[C@H](O)[C@@H]1CCCCCCC(=O)OC[C@@H](O)COC(=O)CCCCCCCCCCC(C)CC. The molecule has 46 heavy (non-hydrogen) atoms. The number of Topliss-reactive ketones (excluding diaryl/α,β-unsaturated/α-hetero) is 1. The fraction of sp³-hybridized carbons (Fsp3) is 0.868. The minimum absolute atomic E-state index is 0.0355. The monoisotopic (exact) mass is 652 g/mol. The van der Waals surface area contributed by atoms with E-state index in [0.29, 0.717) is 19.3 Å². The molecule has 0 aliphatic heterocycles. The van der Waals surface area contributed by atoms with Gasteiger partial charge in [-0.1, -0.05) is 129 Å². The Bertz CT molecular complexity index is 828. The van der Waals surface area contributed by atoms with Crippen LogP contribution in [0.4, 0.5) is 0 Å². The largest absolute Gasteiger partial charge is 0.463 e. The zero-order valence-corrected chi connectivity index (χ0v) is 29.5. The van der Waals surface area contributed by atoms with Crippen molar-refractivity contribution in [1.82, 2.24) is 0 Å². The molecule has 6 atom stereocenters. The summed E-state index contributed by atoms with van der Waals surface area (Å²) in [6.45, 7) is 6.32. The van der Waals surface area contributed by atoms with Crippen molar-refractivity contribution in [3.05, 3.63) is 12.2 Å². The molecule has 1 saturated carbocycles. The third kappa shape index (κ3) is 21.2. The molecule has 268 valence electrons. The standard InChI is InChI=1S/C38H68O8/c1-4-6-15-21-31(39)25-26-34-33(35(41)27-36(34)42)22-17-13-14-19-24-38(44)46-29-32(40)28-45-37(43)23-18-12-10-8-7-9-11-16-20-30(3)5-2/h25-26,30-35,39-41H,4-24,27-29H2,1-3H3/b26-25+/t30?,31-,32-,33+,34+,35-/m0/s1. The van der Waals surface area contributed by atoms with Gasteiger partial charge in [0.2, 0.25) is 0 Å². The Morgan fingerprint density at radius 2 is 1.30 bits per heavy atom. The zero-order valence-electron chi connectivity index (χ0n) is 29.5. The van der Waals surface area contributed by atoms with E-state index in [1.807, 2.05) is 0 Å². The van der Waals surface area contributed by atoms with Crippen molar-refractivity contribution in [1.29, 1.82) is 0 Å². The highest BCUT2D eigenvalue weighted by molar-refractivity contribution is 5.86. The minimum atomic E-state index is -1.03. The highest BCUT2D eigenvalue weighted by Crippen LogP contribution is 2.34. The van der Waals surface area contributed by atoms with Crippen molar-refractivity contribution in [2.75, 3.05) is 13.2 Å². The second-order valence-corrected chi connectivity index (χ2v) is 13.7. The Morgan fingerprint density at radius 3 is 1.87 bits per heavy atom. The first kappa shape index (κ1) is 42.3. The van der Waals surface area contributed by atoms with Gasteiger partial charge in [0.05, 0.1) is 12.2 Å². The Kier molecular flexibility index (Phi) is 25.0. The summed E-state index contributed by atoms with van der Waals surface area (Å²) in [6, 6.07) is 0. The first-order valence-electron chi connectivity index (χ1n) is 18.7. The Labute approximate surface area is 280 Å². The maximum absolute atomic E-state index is 12.4. The number of carbonyl (C=O) groups is 3. The van der Waals surface area contributed by atoms with Crippen LogP contribution in [0, 0.1) is 17.8 Å². The van der Waals surface area contributed by atoms with E-state index in [0.717, 1.165) is 70.1 Å². The average Bonchev–Trinajstić information content (AvgIpc) is 3.31. The number of rotatable bonds is 29. The number of hydrogen-bond donors (Lipinski definition) is 3. The van der Waals surface area contributed by atoms with Crippen LogP contribution in [-0.2, 0) is 23.9 Å². The van der Waals surface area contributed by atoms with E-state index in [1.54, 1.807) is 12.2 Å². The third-order valence-electron chi connectivity index (χ3n) is 9.45. The number of unbranched alkanes of at least 4 members (excludes halogenated alkanes) is 12. The molecule has 1 unspecified atom stereocenters. The maximum atomic E-state index is 12.4. The molecule has 0 aromatic heterocycles. The summed E-state index contributed by atoms with van der Waals surface area (Å²) in [7, 11) is 0. The van der Waals surface area contributed by atoms with Gasteiger partial charge < -0.3 is 24.8 Å². The molecule has 0 heterocycles. The maximum Gasteiger partial charge on any atom is 0.305 e. The number of ether oxygens (including phenoxy) is 2. The summed E-state index contributed by atoms with van der Waals surface area (Å²) in [4.78, 5) is 36.4. The van der Waals surface area contributed by atoms with Crippen LogP contribution in [0.25, 0.3) is 0 Å². The lowest BCUT2D eigenvalue weighted by Crippen LogP contribution is -2.25. The summed E-state index contributed by atoms with van der Waals surface area (Å²) < 4.78 is 10.3. The molecule has 8 heteroatoms. The molecule has 1 aliphatic carbocycles. The highest BCUT2D eigenvalue weighted by atomic mass is 16.6. The third-order valence-corrected chi connectivity index (χ3v) is 9.45. The Hall–Kier alpha value is -1.77. The summed E-state index contributed by atoms with van der Waals surface area (Å²) in [5.74, 6) is -0.310. The van der Waals surface area contributed by atoms with Gasteiger partial charge in [-0.25, -0.2) is 0 Å². The molecule has 0 aromatic carbocycles. The predicted molar refractivity (Wildman–Crippen MR) is 183 cm³/mol. The van der Waals surface area contributed by atoms with Crippen LogP contribution in [0.3, 0.4) is 0 Å². The summed E-state index contributed by atoms with van der Waals surface area (Å²) in [6.07, 6.45) is 21.7. The van der Waals surface area contributed by atoms with Gasteiger partial charge in [-0.15, -0.1) is 0 Å². The normalized spacial score (nSPS) is 20.2. The Morgan fingerprint density at radius 1 is 0.783 bits per heavy atom. The molecule has 1 rings (SSSR count). The van der Waals surface area contributed by atoms with E-state index < -0.39 is 18.3 Å². The van der Waals surface area contributed by atoms with Crippen molar-refractivity contribution in [2.45, 2.75) is 180 Å². The first-order valence-corrected chi connectivity index (χ1v) is 18.7. The van der Waals surface area contributed by atoms with Gasteiger partial charge in [0.25, 0.3) is 0 Å². The number of ketones is 1. The van der Waals surface area contributed by atoms with Crippen molar-refractivity contribution >= 4 is 17.7 Å². The Balaban J connectivity index is 2.05. The molecule has 1 fully saturated rings. The lowest BCUT2D eigenvalue weighted by molar-refractivity contribution is -0.152. The number of aliphatic hydroxyl groups is 3. The van der Waals surface area contributed by atoms with E-state index in [1.165, 1.54) is 44.9 Å². The quantitative estimate of drug-likeness (QED) is 0.0424. The molecule has 0 aromatic rings. The summed E-state index contributed by atoms with van der Waals surface area (Å²) in [5, 5.41) is 30.6. The molecule has 3 N–H and O–H groups in total. The van der Waals surface area contributed by atoms with E-state index in [2.05, 4.69) is 20.8 Å². The number of allylic oxidation sites excluding steroid dienone is 1. The van der Waals surface area contributed by atoms with Crippen LogP contribution < -0.4 is 0 Å². The highest BCUT2D eigenvalue weighted by Gasteiger charge is 2.39. The van der Waals surface area contributed by atoms with Gasteiger partial charge in [-0.2, -0.15) is 0 Å². The molecule has 0 amide bonds. The van der Waals surface area contributed by atoms with Gasteiger partial charge in [0.1, 0.15) is 25.1 Å². The van der Waals surface area contributed by atoms with Crippen molar-refractivity contribution < 1.29 is 39.2 Å². The van der Waals surface area contributed by atoms with Gasteiger partial charge in [0, 0.05) is 25.2 Å². The second-order valence-electron chi connectivity index (χ2n) is 13.7. The van der Waals surface area contributed by atoms with E-state index in [9.17, 15) is 29.7 Å². The van der Waals surface area contributed by atoms with Crippen molar-refractivity contribution in [3.63, 3.8) is 0 Å². The van der Waals surface area contributed by atoms with E-state index in [-0.39, 0.29) is 55.6 Å². The van der Waals surface area contributed by atoms with Gasteiger partial charge in [0.15, 0.2) is 0 Å². The number of esters is 2. The molecule has 8 nitrogen and oxygen atoms in total. The van der Waals surface area contributed by atoms with Gasteiger partial charge in [-0.05, 0) is 37.5 Å². The first-order chi connectivity index (χ1) is 22.2. The molecule has 0 radical (unpaired) electrons. The average molecular weight is 653 g/mol. The van der Waals surface area contributed by atoms with Gasteiger partial charge in [-0.3, -0.25) is 14.4 Å². The number of carbonyl (C=O) groups excluding carboxylic acids is 3. The zero-order chi connectivity index (χ0) is 34.0. The van der Waals surface area contributed by atoms with E-state index in [4.69, 9.17) is 9.47 Å². The summed E-state index contributed by atoms with van der Waals surface area (Å²) >= 11 is 0. The molecular formula is C38H68O8.